The maximum atomic E-state index is 11.3. The van der Waals surface area contributed by atoms with E-state index in [4.69, 9.17) is 4.74 Å². The van der Waals surface area contributed by atoms with Gasteiger partial charge in [-0.3, -0.25) is 4.79 Å². The van der Waals surface area contributed by atoms with Gasteiger partial charge >= 0.3 is 0 Å². The standard InChI is InChI=1S/C8H7N3O2.ClH/c1-13-8-6-5(2-3-9-8)4-10-11-7(6)12;/h2-4H,1H3,(H,11,12);1H. The predicted molar refractivity (Wildman–Crippen MR) is 54.0 cm³/mol. The first-order chi connectivity index (χ1) is 6.33. The Morgan fingerprint density at radius 1 is 1.50 bits per heavy atom. The van der Waals surface area contributed by atoms with Crippen molar-refractivity contribution < 1.29 is 4.74 Å². The van der Waals surface area contributed by atoms with Gasteiger partial charge in [0.25, 0.3) is 5.56 Å². The molecule has 0 aromatic carbocycles. The van der Waals surface area contributed by atoms with E-state index < -0.39 is 0 Å². The molecule has 2 heterocycles. The molecule has 74 valence electrons. The van der Waals surface area contributed by atoms with Crippen LogP contribution in [0.2, 0.25) is 0 Å². The number of methoxy groups -OCH3 is 1. The molecule has 6 heteroatoms. The highest BCUT2D eigenvalue weighted by atomic mass is 35.5. The second-order valence-electron chi connectivity index (χ2n) is 2.48. The summed E-state index contributed by atoms with van der Waals surface area (Å²) in [5.74, 6) is 0.321. The molecule has 0 spiro atoms. The van der Waals surface area contributed by atoms with Crippen LogP contribution in [0.3, 0.4) is 0 Å². The smallest absolute Gasteiger partial charge is 0.277 e. The third kappa shape index (κ3) is 1.54. The average Bonchev–Trinajstić information content (AvgIpc) is 2.17. The van der Waals surface area contributed by atoms with Crippen LogP contribution in [0.1, 0.15) is 0 Å². The topological polar surface area (TPSA) is 67.9 Å². The first-order valence-corrected chi connectivity index (χ1v) is 3.69. The van der Waals surface area contributed by atoms with Crippen molar-refractivity contribution in [3.63, 3.8) is 0 Å². The quantitative estimate of drug-likeness (QED) is 0.759. The van der Waals surface area contributed by atoms with E-state index in [1.54, 1.807) is 18.5 Å². The van der Waals surface area contributed by atoms with Gasteiger partial charge in [0, 0.05) is 11.6 Å². The molecule has 2 rings (SSSR count). The summed E-state index contributed by atoms with van der Waals surface area (Å²) in [7, 11) is 1.47. The summed E-state index contributed by atoms with van der Waals surface area (Å²) in [6.07, 6.45) is 3.13. The van der Waals surface area contributed by atoms with Crippen LogP contribution in [-0.4, -0.2) is 22.3 Å². The minimum absolute atomic E-state index is 0. The van der Waals surface area contributed by atoms with Crippen molar-refractivity contribution in [3.05, 3.63) is 28.8 Å². The van der Waals surface area contributed by atoms with Gasteiger partial charge in [0.05, 0.1) is 13.3 Å². The summed E-state index contributed by atoms with van der Waals surface area (Å²) in [5, 5.41) is 7.14. The van der Waals surface area contributed by atoms with E-state index in [2.05, 4.69) is 15.2 Å². The largest absolute Gasteiger partial charge is 0.480 e. The highest BCUT2D eigenvalue weighted by Crippen LogP contribution is 2.16. The summed E-state index contributed by atoms with van der Waals surface area (Å²) in [4.78, 5) is 15.2. The Balaban J connectivity index is 0.000000980. The minimum atomic E-state index is -0.289. The predicted octanol–water partition coefficient (Wildman–Crippen LogP) is 0.748. The Hall–Kier alpha value is -1.62. The molecule has 0 aliphatic carbocycles. The number of hydrogen-bond acceptors (Lipinski definition) is 4. The highest BCUT2D eigenvalue weighted by Gasteiger charge is 2.05. The Morgan fingerprint density at radius 3 is 3.00 bits per heavy atom. The van der Waals surface area contributed by atoms with Crippen LogP contribution >= 0.6 is 12.4 Å². The number of aromatic nitrogens is 3. The van der Waals surface area contributed by atoms with Crippen molar-refractivity contribution in [1.82, 2.24) is 15.2 Å². The van der Waals surface area contributed by atoms with Crippen molar-refractivity contribution in [1.29, 1.82) is 0 Å². The number of aromatic amines is 1. The van der Waals surface area contributed by atoms with Crippen LogP contribution < -0.4 is 10.3 Å². The van der Waals surface area contributed by atoms with Crippen molar-refractivity contribution >= 4 is 23.2 Å². The van der Waals surface area contributed by atoms with E-state index in [1.807, 2.05) is 0 Å². The van der Waals surface area contributed by atoms with Crippen molar-refractivity contribution in [2.75, 3.05) is 7.11 Å². The Labute approximate surface area is 85.5 Å². The highest BCUT2D eigenvalue weighted by molar-refractivity contribution is 5.85. The molecule has 5 nitrogen and oxygen atoms in total. The summed E-state index contributed by atoms with van der Waals surface area (Å²) in [5.41, 5.74) is -0.289. The zero-order valence-electron chi connectivity index (χ0n) is 7.35. The lowest BCUT2D eigenvalue weighted by atomic mass is 10.2. The number of fused-ring (bicyclic) bond motifs is 1. The molecule has 0 bridgehead atoms. The fraction of sp³-hybridized carbons (Fsp3) is 0.125. The van der Waals surface area contributed by atoms with Crippen molar-refractivity contribution in [2.45, 2.75) is 0 Å². The number of nitrogens with zero attached hydrogens (tertiary/aromatic N) is 2. The molecule has 2 aromatic rings. The number of ether oxygens (including phenoxy) is 1. The second-order valence-corrected chi connectivity index (χ2v) is 2.48. The molecule has 0 amide bonds. The van der Waals surface area contributed by atoms with Gasteiger partial charge in [-0.05, 0) is 6.07 Å². The van der Waals surface area contributed by atoms with Crippen LogP contribution in [-0.2, 0) is 0 Å². The molecule has 14 heavy (non-hydrogen) atoms. The molecular weight excluding hydrogens is 206 g/mol. The van der Waals surface area contributed by atoms with Crippen LogP contribution in [0.25, 0.3) is 10.8 Å². The molecule has 2 aromatic heterocycles. The molecule has 0 fully saturated rings. The van der Waals surface area contributed by atoms with Gasteiger partial charge in [0.15, 0.2) is 0 Å². The third-order valence-electron chi connectivity index (χ3n) is 1.74. The van der Waals surface area contributed by atoms with Crippen molar-refractivity contribution in [3.8, 4) is 5.88 Å². The van der Waals surface area contributed by atoms with Gasteiger partial charge in [0.2, 0.25) is 5.88 Å². The van der Waals surface area contributed by atoms with Gasteiger partial charge in [-0.1, -0.05) is 0 Å². The number of nitrogens with one attached hydrogen (secondary N) is 1. The van der Waals surface area contributed by atoms with E-state index in [1.165, 1.54) is 7.11 Å². The molecule has 0 aliphatic heterocycles. The van der Waals surface area contributed by atoms with E-state index in [0.29, 0.717) is 11.3 Å². The minimum Gasteiger partial charge on any atom is -0.480 e. The Kier molecular flexibility index (Phi) is 3.03. The average molecular weight is 214 g/mol. The molecular formula is C8H8ClN3O2. The van der Waals surface area contributed by atoms with Crippen LogP contribution in [0, 0.1) is 0 Å². The van der Waals surface area contributed by atoms with Crippen molar-refractivity contribution in [2.24, 2.45) is 0 Å². The van der Waals surface area contributed by atoms with E-state index in [-0.39, 0.29) is 18.0 Å². The number of pyridine rings is 1. The lowest BCUT2D eigenvalue weighted by Crippen LogP contribution is -2.09. The fourth-order valence-electron chi connectivity index (χ4n) is 1.16. The zero-order valence-corrected chi connectivity index (χ0v) is 8.17. The maximum Gasteiger partial charge on any atom is 0.277 e. The maximum absolute atomic E-state index is 11.3. The SMILES string of the molecule is COc1nccc2cn[nH]c(=O)c12.Cl. The third-order valence-corrected chi connectivity index (χ3v) is 1.74. The summed E-state index contributed by atoms with van der Waals surface area (Å²) in [6, 6.07) is 1.71. The number of halogens is 1. The Bertz CT molecular complexity index is 492. The zero-order chi connectivity index (χ0) is 9.26. The lowest BCUT2D eigenvalue weighted by molar-refractivity contribution is 0.403. The number of H-pyrrole nitrogens is 1. The first kappa shape index (κ1) is 10.5. The molecule has 0 saturated carbocycles. The molecule has 0 radical (unpaired) electrons. The summed E-state index contributed by atoms with van der Waals surface area (Å²) >= 11 is 0. The van der Waals surface area contributed by atoms with Crippen LogP contribution in [0.5, 0.6) is 5.88 Å². The molecule has 1 N–H and O–H groups in total. The number of rotatable bonds is 1. The normalized spacial score (nSPS) is 9.50. The van der Waals surface area contributed by atoms with Crippen LogP contribution in [0.4, 0.5) is 0 Å². The fourth-order valence-corrected chi connectivity index (χ4v) is 1.16. The monoisotopic (exact) mass is 213 g/mol. The lowest BCUT2D eigenvalue weighted by Gasteiger charge is -2.00. The van der Waals surface area contributed by atoms with Crippen LogP contribution in [0.15, 0.2) is 23.3 Å². The van der Waals surface area contributed by atoms with Gasteiger partial charge in [-0.2, -0.15) is 5.10 Å². The molecule has 0 atom stereocenters. The number of hydrogen-bond donors (Lipinski definition) is 1. The van der Waals surface area contributed by atoms with E-state index >= 15 is 0 Å². The second kappa shape index (κ2) is 4.06. The molecule has 0 aliphatic rings. The van der Waals surface area contributed by atoms with E-state index in [0.717, 1.165) is 5.39 Å². The summed E-state index contributed by atoms with van der Waals surface area (Å²) < 4.78 is 4.95. The van der Waals surface area contributed by atoms with Gasteiger partial charge in [-0.25, -0.2) is 10.1 Å². The van der Waals surface area contributed by atoms with Gasteiger partial charge in [0.1, 0.15) is 5.39 Å². The van der Waals surface area contributed by atoms with Gasteiger partial charge in [-0.15, -0.1) is 12.4 Å². The van der Waals surface area contributed by atoms with E-state index in [9.17, 15) is 4.79 Å². The Morgan fingerprint density at radius 2 is 2.29 bits per heavy atom. The summed E-state index contributed by atoms with van der Waals surface area (Å²) in [6.45, 7) is 0. The van der Waals surface area contributed by atoms with Gasteiger partial charge < -0.3 is 4.74 Å². The molecule has 0 saturated heterocycles. The first-order valence-electron chi connectivity index (χ1n) is 3.69. The molecule has 0 unspecified atom stereocenters.